The molecular weight excluding hydrogens is 332 g/mol. The molecule has 140 valence electrons. The van der Waals surface area contributed by atoms with E-state index in [1.165, 1.54) is 0 Å². The molecule has 1 atom stereocenters. The fraction of sp³-hybridized carbons (Fsp3) is 0.550. The largest absolute Gasteiger partial charge is 0.480 e. The van der Waals surface area contributed by atoms with Gasteiger partial charge in [0.1, 0.15) is 5.54 Å². The topological polar surface area (TPSA) is 86.7 Å². The van der Waals surface area contributed by atoms with Crippen LogP contribution < -0.4 is 5.32 Å². The predicted molar refractivity (Wildman–Crippen MR) is 96.8 cm³/mol. The molecule has 2 fully saturated rings. The van der Waals surface area contributed by atoms with Crippen LogP contribution in [0.25, 0.3) is 0 Å². The molecular formula is C20H26N2O4. The molecule has 6 heteroatoms. The van der Waals surface area contributed by atoms with Crippen LogP contribution in [0.5, 0.6) is 0 Å². The van der Waals surface area contributed by atoms with Crippen LogP contribution in [-0.2, 0) is 9.59 Å². The maximum atomic E-state index is 12.7. The molecule has 26 heavy (non-hydrogen) atoms. The van der Waals surface area contributed by atoms with Gasteiger partial charge >= 0.3 is 5.97 Å². The normalized spacial score (nSPS) is 22.0. The Balaban J connectivity index is 1.66. The van der Waals surface area contributed by atoms with Gasteiger partial charge in [-0.15, -0.1) is 0 Å². The number of nitrogens with zero attached hydrogens (tertiary/aromatic N) is 1. The molecule has 1 saturated heterocycles. The van der Waals surface area contributed by atoms with Crippen molar-refractivity contribution in [3.63, 3.8) is 0 Å². The number of carbonyl (C=O) groups is 3. The van der Waals surface area contributed by atoms with E-state index in [1.54, 1.807) is 17.0 Å². The fourth-order valence-corrected chi connectivity index (χ4v) is 3.96. The van der Waals surface area contributed by atoms with Crippen LogP contribution >= 0.6 is 0 Å². The summed E-state index contributed by atoms with van der Waals surface area (Å²) in [5.74, 6) is -1.62. The number of hydrogen-bond donors (Lipinski definition) is 2. The molecule has 1 aromatic carbocycles. The van der Waals surface area contributed by atoms with E-state index in [1.807, 2.05) is 19.1 Å². The highest BCUT2D eigenvalue weighted by molar-refractivity contribution is 5.95. The van der Waals surface area contributed by atoms with Crippen LogP contribution in [0.3, 0.4) is 0 Å². The third-order valence-corrected chi connectivity index (χ3v) is 5.61. The van der Waals surface area contributed by atoms with Crippen molar-refractivity contribution in [1.82, 2.24) is 10.2 Å². The van der Waals surface area contributed by atoms with Crippen molar-refractivity contribution in [3.8, 4) is 0 Å². The summed E-state index contributed by atoms with van der Waals surface area (Å²) in [5, 5.41) is 12.3. The highest BCUT2D eigenvalue weighted by atomic mass is 16.4. The first kappa shape index (κ1) is 18.4. The van der Waals surface area contributed by atoms with Gasteiger partial charge in [-0.3, -0.25) is 9.59 Å². The van der Waals surface area contributed by atoms with Crippen molar-refractivity contribution >= 4 is 17.8 Å². The lowest BCUT2D eigenvalue weighted by Crippen LogP contribution is -2.56. The van der Waals surface area contributed by atoms with E-state index in [4.69, 9.17) is 0 Å². The van der Waals surface area contributed by atoms with Crippen LogP contribution in [0.2, 0.25) is 0 Å². The van der Waals surface area contributed by atoms with Crippen molar-refractivity contribution in [2.75, 3.05) is 13.1 Å². The van der Waals surface area contributed by atoms with Crippen LogP contribution in [0, 0.1) is 12.8 Å². The van der Waals surface area contributed by atoms with Gasteiger partial charge < -0.3 is 15.3 Å². The minimum Gasteiger partial charge on any atom is -0.480 e. The Bertz CT molecular complexity index is 692. The highest BCUT2D eigenvalue weighted by Crippen LogP contribution is 2.31. The molecule has 1 saturated carbocycles. The summed E-state index contributed by atoms with van der Waals surface area (Å²) in [7, 11) is 0. The Morgan fingerprint density at radius 1 is 1.12 bits per heavy atom. The zero-order chi connectivity index (χ0) is 18.7. The molecule has 3 rings (SSSR count). The Hall–Kier alpha value is -2.37. The minimum absolute atomic E-state index is 0.0729. The summed E-state index contributed by atoms with van der Waals surface area (Å²) >= 11 is 0. The Kier molecular flexibility index (Phi) is 5.30. The molecule has 2 N–H and O–H groups in total. The fourth-order valence-electron chi connectivity index (χ4n) is 3.96. The van der Waals surface area contributed by atoms with Crippen LogP contribution in [0.4, 0.5) is 0 Å². The molecule has 0 radical (unpaired) electrons. The zero-order valence-corrected chi connectivity index (χ0v) is 15.2. The molecule has 1 aliphatic carbocycles. The lowest BCUT2D eigenvalue weighted by Gasteiger charge is -2.34. The smallest absolute Gasteiger partial charge is 0.329 e. The summed E-state index contributed by atoms with van der Waals surface area (Å²) in [6.45, 7) is 2.94. The molecule has 1 aliphatic heterocycles. The standard InChI is InChI=1S/C20H26N2O4/c1-14-6-8-15(9-7-14)18(24)22-12-4-5-16(13-22)17(23)21-20(19(25)26)10-2-3-11-20/h6-9,16H,2-5,10-13H2,1H3,(H,21,23)(H,25,26). The SMILES string of the molecule is Cc1ccc(C(=O)N2CCCC(C(=O)NC3(C(=O)O)CCCC3)C2)cc1. The van der Waals surface area contributed by atoms with Gasteiger partial charge in [0.2, 0.25) is 5.91 Å². The maximum absolute atomic E-state index is 12.7. The van der Waals surface area contributed by atoms with Gasteiger partial charge in [0, 0.05) is 18.7 Å². The molecule has 2 amide bonds. The van der Waals surface area contributed by atoms with Gasteiger partial charge in [0.05, 0.1) is 5.92 Å². The van der Waals surface area contributed by atoms with Gasteiger partial charge in [0.25, 0.3) is 5.91 Å². The molecule has 1 aromatic rings. The van der Waals surface area contributed by atoms with Crippen molar-refractivity contribution in [2.45, 2.75) is 51.0 Å². The summed E-state index contributed by atoms with van der Waals surface area (Å²) in [4.78, 5) is 38.8. The summed E-state index contributed by atoms with van der Waals surface area (Å²) in [6.07, 6.45) is 4.01. The Morgan fingerprint density at radius 2 is 1.77 bits per heavy atom. The quantitative estimate of drug-likeness (QED) is 0.865. The molecule has 2 aliphatic rings. The first-order valence-electron chi connectivity index (χ1n) is 9.33. The number of carboxylic acids is 1. The Morgan fingerprint density at radius 3 is 2.38 bits per heavy atom. The van der Waals surface area contributed by atoms with Crippen LogP contribution in [0.1, 0.15) is 54.4 Å². The third kappa shape index (κ3) is 3.74. The molecule has 0 bridgehead atoms. The van der Waals surface area contributed by atoms with E-state index >= 15 is 0 Å². The lowest BCUT2D eigenvalue weighted by atomic mass is 9.92. The molecule has 6 nitrogen and oxygen atoms in total. The number of rotatable bonds is 4. The minimum atomic E-state index is -1.12. The average Bonchev–Trinajstić information content (AvgIpc) is 3.12. The number of likely N-dealkylation sites (tertiary alicyclic amines) is 1. The maximum Gasteiger partial charge on any atom is 0.329 e. The monoisotopic (exact) mass is 358 g/mol. The van der Waals surface area contributed by atoms with E-state index in [-0.39, 0.29) is 17.7 Å². The molecule has 1 heterocycles. The first-order chi connectivity index (χ1) is 12.4. The average molecular weight is 358 g/mol. The van der Waals surface area contributed by atoms with Gasteiger partial charge in [-0.05, 0) is 44.7 Å². The van der Waals surface area contributed by atoms with Crippen LogP contribution in [-0.4, -0.2) is 46.4 Å². The van der Waals surface area contributed by atoms with Crippen molar-refractivity contribution < 1.29 is 19.5 Å². The number of carboxylic acid groups (broad SMARTS) is 1. The van der Waals surface area contributed by atoms with Crippen molar-refractivity contribution in [1.29, 1.82) is 0 Å². The van der Waals surface area contributed by atoms with Gasteiger partial charge in [-0.1, -0.05) is 30.5 Å². The van der Waals surface area contributed by atoms with E-state index < -0.39 is 11.5 Å². The van der Waals surface area contributed by atoms with E-state index in [9.17, 15) is 19.5 Å². The van der Waals surface area contributed by atoms with Gasteiger partial charge in [0.15, 0.2) is 0 Å². The second-order valence-corrected chi connectivity index (χ2v) is 7.54. The van der Waals surface area contributed by atoms with Crippen molar-refractivity contribution in [3.05, 3.63) is 35.4 Å². The van der Waals surface area contributed by atoms with E-state index in [0.717, 1.165) is 24.8 Å². The molecule has 1 unspecified atom stereocenters. The Labute approximate surface area is 153 Å². The number of aryl methyl sites for hydroxylation is 1. The number of carbonyl (C=O) groups excluding carboxylic acids is 2. The summed E-state index contributed by atoms with van der Waals surface area (Å²) < 4.78 is 0. The number of hydrogen-bond acceptors (Lipinski definition) is 3. The number of aliphatic carboxylic acids is 1. The number of benzene rings is 1. The highest BCUT2D eigenvalue weighted by Gasteiger charge is 2.44. The van der Waals surface area contributed by atoms with E-state index in [2.05, 4.69) is 5.32 Å². The zero-order valence-electron chi connectivity index (χ0n) is 15.2. The molecule has 0 aromatic heterocycles. The summed E-state index contributed by atoms with van der Waals surface area (Å²) in [6, 6.07) is 7.41. The first-order valence-corrected chi connectivity index (χ1v) is 9.33. The van der Waals surface area contributed by atoms with E-state index in [0.29, 0.717) is 37.9 Å². The summed E-state index contributed by atoms with van der Waals surface area (Å²) in [5.41, 5.74) is 0.586. The second kappa shape index (κ2) is 7.48. The van der Waals surface area contributed by atoms with Gasteiger partial charge in [-0.2, -0.15) is 0 Å². The number of piperidine rings is 1. The van der Waals surface area contributed by atoms with Crippen molar-refractivity contribution in [2.24, 2.45) is 5.92 Å². The van der Waals surface area contributed by atoms with Gasteiger partial charge in [-0.25, -0.2) is 4.79 Å². The van der Waals surface area contributed by atoms with Crippen LogP contribution in [0.15, 0.2) is 24.3 Å². The molecule has 0 spiro atoms. The second-order valence-electron chi connectivity index (χ2n) is 7.54. The number of amides is 2. The number of nitrogens with one attached hydrogen (secondary N) is 1. The lowest BCUT2D eigenvalue weighted by molar-refractivity contribution is -0.148. The predicted octanol–water partition coefficient (Wildman–Crippen LogP) is 2.36. The third-order valence-electron chi connectivity index (χ3n) is 5.61.